The second-order valence-corrected chi connectivity index (χ2v) is 8.78. The van der Waals surface area contributed by atoms with Crippen LogP contribution in [0.2, 0.25) is 0 Å². The maximum Gasteiger partial charge on any atom is 0.240 e. The van der Waals surface area contributed by atoms with E-state index in [9.17, 15) is 9.59 Å². The van der Waals surface area contributed by atoms with Crippen LogP contribution < -0.4 is 0 Å². The first-order valence-corrected chi connectivity index (χ1v) is 10.7. The summed E-state index contributed by atoms with van der Waals surface area (Å²) in [6, 6.07) is 3.69. The van der Waals surface area contributed by atoms with Crippen molar-refractivity contribution in [3.8, 4) is 0 Å². The Labute approximate surface area is 168 Å². The lowest BCUT2D eigenvalue weighted by atomic mass is 9.94. The fourth-order valence-corrected chi connectivity index (χ4v) is 4.60. The van der Waals surface area contributed by atoms with Crippen LogP contribution in [0.15, 0.2) is 22.8 Å². The molecular formula is C22H35N3O3. The fourth-order valence-electron chi connectivity index (χ4n) is 4.60. The quantitative estimate of drug-likeness (QED) is 0.719. The van der Waals surface area contributed by atoms with Gasteiger partial charge in [-0.05, 0) is 36.8 Å². The van der Waals surface area contributed by atoms with Crippen molar-refractivity contribution in [3.63, 3.8) is 0 Å². The summed E-state index contributed by atoms with van der Waals surface area (Å²) >= 11 is 0. The van der Waals surface area contributed by atoms with Crippen LogP contribution in [0.3, 0.4) is 0 Å². The zero-order valence-electron chi connectivity index (χ0n) is 17.6. The van der Waals surface area contributed by atoms with Crippen molar-refractivity contribution in [3.05, 3.63) is 24.2 Å². The molecule has 2 amide bonds. The van der Waals surface area contributed by atoms with E-state index in [-0.39, 0.29) is 17.9 Å². The van der Waals surface area contributed by atoms with Gasteiger partial charge in [0, 0.05) is 39.6 Å². The Kier molecular flexibility index (Phi) is 7.16. The normalized spacial score (nSPS) is 19.9. The number of likely N-dealkylation sites (N-methyl/N-ethyl adjacent to an activating group) is 1. The molecule has 156 valence electrons. The second kappa shape index (κ2) is 9.59. The van der Waals surface area contributed by atoms with E-state index < -0.39 is 0 Å². The van der Waals surface area contributed by atoms with Crippen LogP contribution in [0.4, 0.5) is 0 Å². The molecule has 0 unspecified atom stereocenters. The molecule has 2 aliphatic rings. The molecule has 2 heterocycles. The molecular weight excluding hydrogens is 354 g/mol. The summed E-state index contributed by atoms with van der Waals surface area (Å²) < 4.78 is 5.43. The number of nitrogens with zero attached hydrogens (tertiary/aromatic N) is 3. The first-order valence-electron chi connectivity index (χ1n) is 10.7. The molecule has 1 saturated carbocycles. The lowest BCUT2D eigenvalue weighted by Gasteiger charge is -2.42. The van der Waals surface area contributed by atoms with Gasteiger partial charge in [0.05, 0.1) is 18.8 Å². The van der Waals surface area contributed by atoms with Crippen molar-refractivity contribution in [2.45, 2.75) is 58.5 Å². The molecule has 0 N–H and O–H groups in total. The Morgan fingerprint density at radius 3 is 2.43 bits per heavy atom. The van der Waals surface area contributed by atoms with Gasteiger partial charge in [0.2, 0.25) is 11.8 Å². The van der Waals surface area contributed by atoms with Crippen LogP contribution in [0.1, 0.15) is 51.7 Å². The van der Waals surface area contributed by atoms with Crippen molar-refractivity contribution in [2.75, 3.05) is 33.2 Å². The predicted molar refractivity (Wildman–Crippen MR) is 109 cm³/mol. The molecule has 6 heteroatoms. The number of piperazine rings is 1. The third-order valence-electron chi connectivity index (χ3n) is 6.09. The highest BCUT2D eigenvalue weighted by Crippen LogP contribution is 2.32. The molecule has 1 saturated heterocycles. The molecule has 2 fully saturated rings. The van der Waals surface area contributed by atoms with Gasteiger partial charge in [0.15, 0.2) is 0 Å². The molecule has 28 heavy (non-hydrogen) atoms. The van der Waals surface area contributed by atoms with E-state index in [4.69, 9.17) is 4.42 Å². The molecule has 1 aromatic heterocycles. The van der Waals surface area contributed by atoms with Gasteiger partial charge in [-0.25, -0.2) is 0 Å². The number of rotatable bonds is 7. The number of carbonyl (C=O) groups is 2. The van der Waals surface area contributed by atoms with Crippen molar-refractivity contribution in [2.24, 2.45) is 11.8 Å². The van der Waals surface area contributed by atoms with Gasteiger partial charge in [0.1, 0.15) is 5.76 Å². The summed E-state index contributed by atoms with van der Waals surface area (Å²) in [7, 11) is 1.87. The van der Waals surface area contributed by atoms with Crippen LogP contribution >= 0.6 is 0 Å². The molecule has 0 aromatic carbocycles. The predicted octanol–water partition coefficient (Wildman–Crippen LogP) is 2.99. The van der Waals surface area contributed by atoms with E-state index in [1.807, 2.05) is 24.1 Å². The molecule has 1 aliphatic heterocycles. The number of hydrogen-bond donors (Lipinski definition) is 0. The monoisotopic (exact) mass is 389 g/mol. The van der Waals surface area contributed by atoms with E-state index in [1.54, 1.807) is 11.2 Å². The minimum Gasteiger partial charge on any atom is -0.467 e. The van der Waals surface area contributed by atoms with Crippen molar-refractivity contribution < 1.29 is 14.0 Å². The molecule has 6 nitrogen and oxygen atoms in total. The highest BCUT2D eigenvalue weighted by atomic mass is 16.3. The topological polar surface area (TPSA) is 57.0 Å². The van der Waals surface area contributed by atoms with Crippen molar-refractivity contribution in [1.82, 2.24) is 14.7 Å². The van der Waals surface area contributed by atoms with Gasteiger partial charge in [-0.2, -0.15) is 0 Å². The van der Waals surface area contributed by atoms with Gasteiger partial charge >= 0.3 is 0 Å². The average molecular weight is 390 g/mol. The Bertz CT molecular complexity index is 629. The standard InChI is InChI=1S/C22H35N3O3/c1-17(2)15-20(26)24-10-12-25(13-11-24)21(18-7-4-5-8-18)22(27)23(3)16-19-9-6-14-28-19/h6,9,14,17-18,21H,4-5,7-8,10-13,15-16H2,1-3H3/t21-/m1/s1. The highest BCUT2D eigenvalue weighted by Gasteiger charge is 2.38. The summed E-state index contributed by atoms with van der Waals surface area (Å²) in [5.41, 5.74) is 0. The van der Waals surface area contributed by atoms with Crippen LogP contribution in [-0.4, -0.2) is 65.8 Å². The number of carbonyl (C=O) groups excluding carboxylic acids is 2. The molecule has 3 rings (SSSR count). The average Bonchev–Trinajstić information content (AvgIpc) is 3.36. The van der Waals surface area contributed by atoms with Crippen LogP contribution in [-0.2, 0) is 16.1 Å². The smallest absolute Gasteiger partial charge is 0.240 e. The lowest BCUT2D eigenvalue weighted by Crippen LogP contribution is -2.58. The van der Waals surface area contributed by atoms with Crippen molar-refractivity contribution in [1.29, 1.82) is 0 Å². The summed E-state index contributed by atoms with van der Waals surface area (Å²) in [5, 5.41) is 0. The lowest BCUT2D eigenvalue weighted by molar-refractivity contribution is -0.141. The highest BCUT2D eigenvalue weighted by molar-refractivity contribution is 5.82. The zero-order chi connectivity index (χ0) is 20.1. The SMILES string of the molecule is CC(C)CC(=O)N1CCN([C@@H](C(=O)N(C)Cc2ccco2)C2CCCC2)CC1. The Hall–Kier alpha value is -1.82. The van der Waals surface area contributed by atoms with E-state index in [0.29, 0.717) is 24.8 Å². The molecule has 1 aliphatic carbocycles. The molecule has 0 radical (unpaired) electrons. The van der Waals surface area contributed by atoms with Gasteiger partial charge in [-0.1, -0.05) is 26.7 Å². The summed E-state index contributed by atoms with van der Waals surface area (Å²) in [4.78, 5) is 31.9. The number of hydrogen-bond acceptors (Lipinski definition) is 4. The van der Waals surface area contributed by atoms with Gasteiger partial charge in [-0.3, -0.25) is 14.5 Å². The Morgan fingerprint density at radius 2 is 1.86 bits per heavy atom. The summed E-state index contributed by atoms with van der Waals surface area (Å²) in [5.74, 6) is 2.04. The Balaban J connectivity index is 1.64. The Morgan fingerprint density at radius 1 is 1.18 bits per heavy atom. The first-order chi connectivity index (χ1) is 13.5. The third kappa shape index (κ3) is 5.16. The first kappa shape index (κ1) is 20.9. The fraction of sp³-hybridized carbons (Fsp3) is 0.727. The van der Waals surface area contributed by atoms with Gasteiger partial charge in [0.25, 0.3) is 0 Å². The number of amides is 2. The third-order valence-corrected chi connectivity index (χ3v) is 6.09. The summed E-state index contributed by atoms with van der Waals surface area (Å²) in [6.07, 6.45) is 6.92. The summed E-state index contributed by atoms with van der Waals surface area (Å²) in [6.45, 7) is 7.68. The van der Waals surface area contributed by atoms with Gasteiger partial charge < -0.3 is 14.2 Å². The zero-order valence-corrected chi connectivity index (χ0v) is 17.6. The molecule has 1 atom stereocenters. The van der Waals surface area contributed by atoms with E-state index >= 15 is 0 Å². The van der Waals surface area contributed by atoms with E-state index in [2.05, 4.69) is 18.7 Å². The maximum absolute atomic E-state index is 13.4. The minimum atomic E-state index is -0.0789. The molecule has 0 bridgehead atoms. The number of furan rings is 1. The van der Waals surface area contributed by atoms with Crippen molar-refractivity contribution >= 4 is 11.8 Å². The van der Waals surface area contributed by atoms with Gasteiger partial charge in [-0.15, -0.1) is 0 Å². The van der Waals surface area contributed by atoms with Crippen LogP contribution in [0.5, 0.6) is 0 Å². The second-order valence-electron chi connectivity index (χ2n) is 8.78. The van der Waals surface area contributed by atoms with E-state index in [0.717, 1.165) is 44.8 Å². The minimum absolute atomic E-state index is 0.0789. The molecule has 0 spiro atoms. The van der Waals surface area contributed by atoms with Crippen LogP contribution in [0.25, 0.3) is 0 Å². The largest absolute Gasteiger partial charge is 0.467 e. The maximum atomic E-state index is 13.4. The van der Waals surface area contributed by atoms with E-state index in [1.165, 1.54) is 12.8 Å². The molecule has 1 aromatic rings. The van der Waals surface area contributed by atoms with Crippen LogP contribution in [0, 0.1) is 11.8 Å².